The van der Waals surface area contributed by atoms with Crippen LogP contribution in [0.5, 0.6) is 0 Å². The first-order valence-electron chi connectivity index (χ1n) is 3.64. The van der Waals surface area contributed by atoms with Gasteiger partial charge in [0.05, 0.1) is 23.2 Å². The first kappa shape index (κ1) is 9.99. The molecule has 0 bridgehead atoms. The van der Waals surface area contributed by atoms with Crippen molar-refractivity contribution in [3.63, 3.8) is 0 Å². The second kappa shape index (κ2) is 2.70. The van der Waals surface area contributed by atoms with Gasteiger partial charge >= 0.3 is 5.97 Å². The zero-order valence-corrected chi connectivity index (χ0v) is 7.84. The third kappa shape index (κ3) is 1.80. The van der Waals surface area contributed by atoms with E-state index in [1.54, 1.807) is 6.07 Å². The fourth-order valence-corrected chi connectivity index (χ4v) is 3.00. The zero-order chi connectivity index (χ0) is 10.3. The summed E-state index contributed by atoms with van der Waals surface area (Å²) in [5.41, 5.74) is -1.17. The molecule has 72 valence electrons. The highest BCUT2D eigenvalue weighted by atomic mass is 32.2. The molecule has 1 saturated carbocycles. The first-order valence-corrected chi connectivity index (χ1v) is 5.59. The van der Waals surface area contributed by atoms with Gasteiger partial charge in [-0.25, -0.2) is 8.42 Å². The molecule has 1 aliphatic carbocycles. The highest BCUT2D eigenvalue weighted by molar-refractivity contribution is 7.91. The molecular weight excluding hydrogens is 194 g/mol. The topological polar surface area (TPSA) is 95.2 Å². The van der Waals surface area contributed by atoms with Crippen molar-refractivity contribution in [1.29, 1.82) is 5.26 Å². The molecule has 0 amide bonds. The van der Waals surface area contributed by atoms with Gasteiger partial charge in [0.1, 0.15) is 0 Å². The second-order valence-electron chi connectivity index (χ2n) is 3.36. The minimum Gasteiger partial charge on any atom is -0.481 e. The fourth-order valence-electron chi connectivity index (χ4n) is 1.45. The summed E-state index contributed by atoms with van der Waals surface area (Å²) in [5, 5.41) is 16.3. The van der Waals surface area contributed by atoms with E-state index in [1.807, 2.05) is 0 Å². The number of hydrogen-bond donors (Lipinski definition) is 1. The van der Waals surface area contributed by atoms with Crippen molar-refractivity contribution in [2.75, 3.05) is 6.26 Å². The van der Waals surface area contributed by atoms with Gasteiger partial charge in [-0.05, 0) is 6.42 Å². The Kier molecular flexibility index (Phi) is 2.08. The Morgan fingerprint density at radius 3 is 2.54 bits per heavy atom. The molecule has 1 N–H and O–H groups in total. The van der Waals surface area contributed by atoms with Gasteiger partial charge in [-0.1, -0.05) is 0 Å². The van der Waals surface area contributed by atoms with E-state index < -0.39 is 26.5 Å². The van der Waals surface area contributed by atoms with Crippen LogP contribution in [0.25, 0.3) is 0 Å². The van der Waals surface area contributed by atoms with Crippen LogP contribution in [0.1, 0.15) is 12.8 Å². The van der Waals surface area contributed by atoms with Crippen LogP contribution >= 0.6 is 0 Å². The van der Waals surface area contributed by atoms with Gasteiger partial charge in [0, 0.05) is 6.26 Å². The molecule has 1 fully saturated rings. The molecule has 0 aromatic rings. The normalized spacial score (nSPS) is 32.2. The number of carbonyl (C=O) groups is 1. The van der Waals surface area contributed by atoms with Crippen molar-refractivity contribution in [3.8, 4) is 6.07 Å². The Balaban J connectivity index is 2.83. The standard InChI is InChI=1S/C7H9NO4S/c1-13(11,12)5-2-7(5,4-8)3-6(9)10/h5H,2-3H2,1H3,(H,9,10). The van der Waals surface area contributed by atoms with Gasteiger partial charge in [0.15, 0.2) is 9.84 Å². The number of carboxylic acids is 1. The molecule has 0 aliphatic heterocycles. The van der Waals surface area contributed by atoms with Crippen molar-refractivity contribution in [2.45, 2.75) is 18.1 Å². The van der Waals surface area contributed by atoms with Crippen LogP contribution in [0, 0.1) is 16.7 Å². The Morgan fingerprint density at radius 2 is 2.31 bits per heavy atom. The van der Waals surface area contributed by atoms with Gasteiger partial charge in [0.2, 0.25) is 0 Å². The second-order valence-corrected chi connectivity index (χ2v) is 5.59. The number of hydrogen-bond acceptors (Lipinski definition) is 4. The molecule has 1 aliphatic rings. The molecule has 2 unspecified atom stereocenters. The molecule has 0 spiro atoms. The molecule has 5 nitrogen and oxygen atoms in total. The number of nitrogens with zero attached hydrogens (tertiary/aromatic N) is 1. The average Bonchev–Trinajstić information content (AvgIpc) is 2.62. The summed E-state index contributed by atoms with van der Waals surface area (Å²) < 4.78 is 22.0. The maximum absolute atomic E-state index is 11.0. The van der Waals surface area contributed by atoms with Gasteiger partial charge in [-0.3, -0.25) is 4.79 Å². The molecule has 0 aromatic carbocycles. The maximum atomic E-state index is 11.0. The zero-order valence-electron chi connectivity index (χ0n) is 7.02. The van der Waals surface area contributed by atoms with Crippen LogP contribution in [0.15, 0.2) is 0 Å². The van der Waals surface area contributed by atoms with Crippen LogP contribution in [-0.2, 0) is 14.6 Å². The Hall–Kier alpha value is -1.09. The molecule has 0 saturated heterocycles. The van der Waals surface area contributed by atoms with Crippen molar-refractivity contribution < 1.29 is 18.3 Å². The quantitative estimate of drug-likeness (QED) is 0.684. The van der Waals surface area contributed by atoms with Gasteiger partial charge < -0.3 is 5.11 Å². The summed E-state index contributed by atoms with van der Waals surface area (Å²) in [6.07, 6.45) is 0.786. The van der Waals surface area contributed by atoms with E-state index in [0.717, 1.165) is 6.26 Å². The largest absolute Gasteiger partial charge is 0.481 e. The third-order valence-electron chi connectivity index (χ3n) is 2.21. The molecule has 6 heteroatoms. The van der Waals surface area contributed by atoms with E-state index >= 15 is 0 Å². The molecule has 0 radical (unpaired) electrons. The minimum atomic E-state index is -3.28. The van der Waals surface area contributed by atoms with Gasteiger partial charge in [0.25, 0.3) is 0 Å². The van der Waals surface area contributed by atoms with Crippen LogP contribution in [-0.4, -0.2) is 31.0 Å². The van der Waals surface area contributed by atoms with Crippen LogP contribution in [0.4, 0.5) is 0 Å². The Labute approximate surface area is 75.9 Å². The number of nitriles is 1. The summed E-state index contributed by atoms with van der Waals surface area (Å²) in [6, 6.07) is 1.78. The van der Waals surface area contributed by atoms with E-state index in [0.29, 0.717) is 0 Å². The van der Waals surface area contributed by atoms with Crippen molar-refractivity contribution in [1.82, 2.24) is 0 Å². The van der Waals surface area contributed by atoms with E-state index in [4.69, 9.17) is 10.4 Å². The molecule has 13 heavy (non-hydrogen) atoms. The van der Waals surface area contributed by atoms with Crippen LogP contribution < -0.4 is 0 Å². The summed E-state index contributed by atoms with van der Waals surface area (Å²) in [7, 11) is -3.28. The summed E-state index contributed by atoms with van der Waals surface area (Å²) in [4.78, 5) is 10.3. The van der Waals surface area contributed by atoms with E-state index in [1.165, 1.54) is 0 Å². The molecule has 2 atom stereocenters. The third-order valence-corrected chi connectivity index (χ3v) is 3.86. The Bertz CT molecular complexity index is 380. The predicted molar refractivity (Wildman–Crippen MR) is 43.5 cm³/mol. The van der Waals surface area contributed by atoms with E-state index in [-0.39, 0.29) is 12.8 Å². The number of sulfone groups is 1. The lowest BCUT2D eigenvalue weighted by Gasteiger charge is -2.02. The number of aliphatic carboxylic acids is 1. The van der Waals surface area contributed by atoms with Gasteiger partial charge in [-0.15, -0.1) is 0 Å². The molecule has 0 aromatic heterocycles. The van der Waals surface area contributed by atoms with E-state index in [9.17, 15) is 13.2 Å². The highest BCUT2D eigenvalue weighted by Gasteiger charge is 2.61. The molecular formula is C7H9NO4S. The Morgan fingerprint density at radius 1 is 1.77 bits per heavy atom. The monoisotopic (exact) mass is 203 g/mol. The number of carboxylic acid groups (broad SMARTS) is 1. The van der Waals surface area contributed by atoms with Crippen molar-refractivity contribution in [2.24, 2.45) is 5.41 Å². The van der Waals surface area contributed by atoms with Crippen LogP contribution in [0.2, 0.25) is 0 Å². The lowest BCUT2D eigenvalue weighted by atomic mass is 10.1. The smallest absolute Gasteiger partial charge is 0.305 e. The van der Waals surface area contributed by atoms with Crippen molar-refractivity contribution in [3.05, 3.63) is 0 Å². The summed E-state index contributed by atoms with van der Waals surface area (Å²) in [6.45, 7) is 0. The SMILES string of the molecule is CS(=O)(=O)C1CC1(C#N)CC(=O)O. The highest BCUT2D eigenvalue weighted by Crippen LogP contribution is 2.52. The minimum absolute atomic E-state index is 0.147. The lowest BCUT2D eigenvalue weighted by Crippen LogP contribution is -2.16. The predicted octanol–water partition coefficient (Wildman–Crippen LogP) is -0.212. The van der Waals surface area contributed by atoms with Gasteiger partial charge in [-0.2, -0.15) is 5.26 Å². The van der Waals surface area contributed by atoms with Crippen molar-refractivity contribution >= 4 is 15.8 Å². The number of rotatable bonds is 3. The lowest BCUT2D eigenvalue weighted by molar-refractivity contribution is -0.137. The maximum Gasteiger partial charge on any atom is 0.305 e. The summed E-state index contributed by atoms with van der Waals surface area (Å²) >= 11 is 0. The molecule has 1 rings (SSSR count). The first-order chi connectivity index (χ1) is 5.82. The molecule has 0 heterocycles. The fraction of sp³-hybridized carbons (Fsp3) is 0.714. The summed E-state index contributed by atoms with van der Waals surface area (Å²) in [5.74, 6) is -1.13. The van der Waals surface area contributed by atoms with Crippen LogP contribution in [0.3, 0.4) is 0 Å². The van der Waals surface area contributed by atoms with E-state index in [2.05, 4.69) is 0 Å². The average molecular weight is 203 g/mol.